The lowest BCUT2D eigenvalue weighted by atomic mass is 9.45. The topological polar surface area (TPSA) is 128 Å². The number of rotatable bonds is 6. The van der Waals surface area contributed by atoms with Gasteiger partial charge >= 0.3 is 0 Å². The summed E-state index contributed by atoms with van der Waals surface area (Å²) in [7, 11) is 0. The Labute approximate surface area is 214 Å². The van der Waals surface area contributed by atoms with Crippen LogP contribution in [0.5, 0.6) is 0 Å². The lowest BCUT2D eigenvalue weighted by Gasteiger charge is -2.61. The highest BCUT2D eigenvalue weighted by Crippen LogP contribution is 2.63. The van der Waals surface area contributed by atoms with Crippen molar-refractivity contribution in [2.75, 3.05) is 13.2 Å². The fourth-order valence-corrected chi connectivity index (χ4v) is 7.71. The fourth-order valence-electron chi connectivity index (χ4n) is 7.71. The first-order valence-corrected chi connectivity index (χ1v) is 13.4. The maximum absolute atomic E-state index is 11.8. The molecular formula is C28H45NO7. The van der Waals surface area contributed by atoms with Gasteiger partial charge in [-0.3, -0.25) is 4.79 Å². The van der Waals surface area contributed by atoms with E-state index < -0.39 is 54.7 Å². The van der Waals surface area contributed by atoms with Gasteiger partial charge in [-0.1, -0.05) is 38.5 Å². The Morgan fingerprint density at radius 1 is 1.22 bits per heavy atom. The Hall–Kier alpha value is -1.29. The number of carbonyl (C=O) groups excluding carboxylic acids is 1. The van der Waals surface area contributed by atoms with E-state index >= 15 is 0 Å². The quantitative estimate of drug-likeness (QED) is 0.348. The molecule has 5 N–H and O–H groups in total. The standard InChI is InChI=1S/C28H45NO7/c1-6-26(3)11-9-18-17(13-26)7-8-20-27(18,4)12-10-21(32)28(20,5)15-35-25-22(29-16(2)31)24(34)23(33)19(14-30)36-25/h6-7,18-25,30,32-34H,1,8-15H2,2-5H3,(H,29,31)/t18-,19-,20?,21-,22-,23-,24-,25+,26-,27+,28+/m0/s1. The third-order valence-corrected chi connectivity index (χ3v) is 10.1. The summed E-state index contributed by atoms with van der Waals surface area (Å²) in [6, 6.07) is -0.996. The lowest BCUT2D eigenvalue weighted by molar-refractivity contribution is -0.285. The van der Waals surface area contributed by atoms with Gasteiger partial charge in [0.2, 0.25) is 5.91 Å². The van der Waals surface area contributed by atoms with Gasteiger partial charge in [0.1, 0.15) is 24.4 Å². The zero-order valence-electron chi connectivity index (χ0n) is 22.2. The highest BCUT2D eigenvalue weighted by atomic mass is 16.7. The monoisotopic (exact) mass is 507 g/mol. The second-order valence-electron chi connectivity index (χ2n) is 12.5. The van der Waals surface area contributed by atoms with Gasteiger partial charge in [-0.05, 0) is 61.2 Å². The van der Waals surface area contributed by atoms with E-state index in [1.807, 2.05) is 0 Å². The van der Waals surface area contributed by atoms with E-state index in [0.717, 1.165) is 32.1 Å². The number of aliphatic hydroxyl groups is 4. The van der Waals surface area contributed by atoms with Crippen LogP contribution in [0.15, 0.2) is 24.3 Å². The molecule has 4 aliphatic rings. The third kappa shape index (κ3) is 4.69. The molecule has 1 aliphatic heterocycles. The zero-order chi connectivity index (χ0) is 26.5. The van der Waals surface area contributed by atoms with Crippen LogP contribution in [-0.2, 0) is 14.3 Å². The van der Waals surface area contributed by atoms with E-state index in [-0.39, 0.29) is 23.4 Å². The van der Waals surface area contributed by atoms with Gasteiger partial charge in [0.15, 0.2) is 6.29 Å². The van der Waals surface area contributed by atoms with Gasteiger partial charge in [0.05, 0.1) is 19.3 Å². The van der Waals surface area contributed by atoms with Crippen LogP contribution in [0.2, 0.25) is 0 Å². The van der Waals surface area contributed by atoms with Crippen molar-refractivity contribution in [3.8, 4) is 0 Å². The maximum atomic E-state index is 11.8. The van der Waals surface area contributed by atoms with Crippen LogP contribution in [0.3, 0.4) is 0 Å². The van der Waals surface area contributed by atoms with Crippen molar-refractivity contribution in [1.29, 1.82) is 0 Å². The molecule has 8 nitrogen and oxygen atoms in total. The summed E-state index contributed by atoms with van der Waals surface area (Å²) in [6.07, 6.45) is 4.81. The van der Waals surface area contributed by atoms with Gasteiger partial charge in [0, 0.05) is 12.3 Å². The third-order valence-electron chi connectivity index (χ3n) is 10.1. The van der Waals surface area contributed by atoms with E-state index in [4.69, 9.17) is 9.47 Å². The molecule has 1 amide bonds. The van der Waals surface area contributed by atoms with Crippen molar-refractivity contribution in [3.05, 3.63) is 24.3 Å². The van der Waals surface area contributed by atoms with E-state index in [1.54, 1.807) is 0 Å². The molecule has 0 radical (unpaired) electrons. The summed E-state index contributed by atoms with van der Waals surface area (Å²) in [5, 5.41) is 44.5. The number of amides is 1. The van der Waals surface area contributed by atoms with E-state index in [9.17, 15) is 25.2 Å². The van der Waals surface area contributed by atoms with Crippen molar-refractivity contribution in [1.82, 2.24) is 5.32 Å². The predicted molar refractivity (Wildman–Crippen MR) is 135 cm³/mol. The molecule has 36 heavy (non-hydrogen) atoms. The summed E-state index contributed by atoms with van der Waals surface area (Å²) in [5.74, 6) is 0.253. The summed E-state index contributed by atoms with van der Waals surface area (Å²) < 4.78 is 12.0. The minimum absolute atomic E-state index is 0.0255. The highest BCUT2D eigenvalue weighted by Gasteiger charge is 2.59. The average Bonchev–Trinajstić information content (AvgIpc) is 2.84. The van der Waals surface area contributed by atoms with Crippen LogP contribution in [0.25, 0.3) is 0 Å². The molecule has 3 fully saturated rings. The molecule has 0 aromatic rings. The first-order chi connectivity index (χ1) is 16.9. The molecule has 11 atom stereocenters. The van der Waals surface area contributed by atoms with E-state index in [0.29, 0.717) is 12.3 Å². The van der Waals surface area contributed by atoms with Crippen LogP contribution in [-0.4, -0.2) is 76.3 Å². The maximum Gasteiger partial charge on any atom is 0.217 e. The number of aliphatic hydroxyl groups excluding tert-OH is 4. The van der Waals surface area contributed by atoms with Crippen molar-refractivity contribution >= 4 is 5.91 Å². The van der Waals surface area contributed by atoms with Crippen molar-refractivity contribution < 1.29 is 34.7 Å². The molecular weight excluding hydrogens is 462 g/mol. The van der Waals surface area contributed by atoms with Crippen LogP contribution < -0.4 is 5.32 Å². The molecule has 8 heteroatoms. The first kappa shape index (κ1) is 27.7. The SMILES string of the molecule is C=C[C@@]1(C)CC[C@H]2C(=CCC3[C@]2(C)CC[C@H](O)[C@]3(C)CO[C@@H]2O[C@@H](CO)[C@H](O)[C@@H](O)[C@@H]2NC(C)=O)C1. The Kier molecular flexibility index (Phi) is 7.79. The summed E-state index contributed by atoms with van der Waals surface area (Å²) >= 11 is 0. The Morgan fingerprint density at radius 2 is 1.94 bits per heavy atom. The molecule has 3 aliphatic carbocycles. The van der Waals surface area contributed by atoms with Crippen molar-refractivity contribution in [2.45, 2.75) is 103 Å². The normalized spacial score (nSPS) is 48.8. The molecule has 204 valence electrons. The second kappa shape index (κ2) is 10.1. The average molecular weight is 508 g/mol. The zero-order valence-corrected chi connectivity index (χ0v) is 22.2. The molecule has 1 unspecified atom stereocenters. The molecule has 2 saturated carbocycles. The number of carbonyl (C=O) groups is 1. The molecule has 0 bridgehead atoms. The van der Waals surface area contributed by atoms with Crippen molar-refractivity contribution in [3.63, 3.8) is 0 Å². The number of allylic oxidation sites excluding steroid dienone is 3. The fraction of sp³-hybridized carbons (Fsp3) is 0.821. The number of hydrogen-bond acceptors (Lipinski definition) is 7. The molecule has 1 heterocycles. The highest BCUT2D eigenvalue weighted by molar-refractivity contribution is 5.73. The molecule has 0 aromatic heterocycles. The molecule has 0 aromatic carbocycles. The summed E-state index contributed by atoms with van der Waals surface area (Å²) in [6.45, 7) is 11.8. The summed E-state index contributed by atoms with van der Waals surface area (Å²) in [4.78, 5) is 11.8. The van der Waals surface area contributed by atoms with Gasteiger partial charge in [-0.25, -0.2) is 0 Å². The minimum atomic E-state index is -1.36. The largest absolute Gasteiger partial charge is 0.394 e. The Morgan fingerprint density at radius 3 is 2.58 bits per heavy atom. The van der Waals surface area contributed by atoms with E-state index in [2.05, 4.69) is 44.8 Å². The predicted octanol–water partition coefficient (Wildman–Crippen LogP) is 2.05. The molecule has 0 spiro atoms. The molecule has 4 rings (SSSR count). The van der Waals surface area contributed by atoms with E-state index in [1.165, 1.54) is 12.5 Å². The Bertz CT molecular complexity index is 878. The smallest absolute Gasteiger partial charge is 0.217 e. The second-order valence-corrected chi connectivity index (χ2v) is 12.5. The number of fused-ring (bicyclic) bond motifs is 3. The van der Waals surface area contributed by atoms with Crippen LogP contribution in [0.4, 0.5) is 0 Å². The van der Waals surface area contributed by atoms with Crippen molar-refractivity contribution in [2.24, 2.45) is 28.1 Å². The van der Waals surface area contributed by atoms with Crippen LogP contribution >= 0.6 is 0 Å². The lowest BCUT2D eigenvalue weighted by Crippen LogP contribution is -2.65. The van der Waals surface area contributed by atoms with Gasteiger partial charge in [-0.2, -0.15) is 0 Å². The number of ether oxygens (including phenoxy) is 2. The number of nitrogens with one attached hydrogen (secondary N) is 1. The summed E-state index contributed by atoms with van der Waals surface area (Å²) in [5.41, 5.74) is 1.11. The van der Waals surface area contributed by atoms with Crippen LogP contribution in [0, 0.1) is 28.1 Å². The van der Waals surface area contributed by atoms with Gasteiger partial charge in [0.25, 0.3) is 0 Å². The Balaban J connectivity index is 1.57. The minimum Gasteiger partial charge on any atom is -0.394 e. The first-order valence-electron chi connectivity index (χ1n) is 13.4. The van der Waals surface area contributed by atoms with Crippen LogP contribution in [0.1, 0.15) is 66.2 Å². The van der Waals surface area contributed by atoms with Gasteiger partial charge < -0.3 is 35.2 Å². The van der Waals surface area contributed by atoms with Gasteiger partial charge in [-0.15, -0.1) is 6.58 Å². The molecule has 1 saturated heterocycles. The number of hydrogen-bond donors (Lipinski definition) is 5.